The average molecular weight is 343 g/mol. The van der Waals surface area contributed by atoms with Gasteiger partial charge in [0, 0.05) is 0 Å². The molecule has 1 aromatic carbocycles. The van der Waals surface area contributed by atoms with Gasteiger partial charge in [-0.1, -0.05) is 26.8 Å². The Balaban J connectivity index is 2.79. The van der Waals surface area contributed by atoms with Crippen LogP contribution in [-0.2, 0) is 4.79 Å². The lowest BCUT2D eigenvalue weighted by Crippen LogP contribution is -2.49. The van der Waals surface area contributed by atoms with E-state index in [1.54, 1.807) is 7.11 Å². The number of halogens is 1. The lowest BCUT2D eigenvalue weighted by atomic mass is 9.86. The molecule has 0 aliphatic heterocycles. The molecule has 0 fully saturated rings. The minimum Gasteiger partial charge on any atom is -0.496 e. The Morgan fingerprint density at radius 2 is 2.00 bits per heavy atom. The van der Waals surface area contributed by atoms with Crippen LogP contribution >= 0.6 is 15.9 Å². The monoisotopic (exact) mass is 342 g/mol. The zero-order chi connectivity index (χ0) is 15.5. The van der Waals surface area contributed by atoms with Crippen LogP contribution in [0.5, 0.6) is 5.75 Å². The van der Waals surface area contributed by atoms with Gasteiger partial charge < -0.3 is 15.8 Å². The number of methoxy groups -OCH3 is 1. The zero-order valence-electron chi connectivity index (χ0n) is 12.7. The number of carbonyl (C=O) groups excluding carboxylic acids is 1. The van der Waals surface area contributed by atoms with Gasteiger partial charge in [0.25, 0.3) is 0 Å². The van der Waals surface area contributed by atoms with Gasteiger partial charge in [-0.05, 0) is 46.0 Å². The molecule has 0 radical (unpaired) electrons. The average Bonchev–Trinajstić information content (AvgIpc) is 2.36. The van der Waals surface area contributed by atoms with Crippen molar-refractivity contribution in [1.29, 1.82) is 0 Å². The van der Waals surface area contributed by atoms with Crippen LogP contribution in [0.3, 0.4) is 0 Å². The van der Waals surface area contributed by atoms with Crippen molar-refractivity contribution >= 4 is 21.8 Å². The smallest absolute Gasteiger partial charge is 0.237 e. The number of nitrogens with two attached hydrogens (primary N) is 1. The molecule has 1 aromatic rings. The molecule has 1 amide bonds. The van der Waals surface area contributed by atoms with Crippen molar-refractivity contribution in [3.8, 4) is 5.75 Å². The first-order valence-corrected chi connectivity index (χ1v) is 7.35. The molecular weight excluding hydrogens is 320 g/mol. The number of rotatable bonds is 4. The van der Waals surface area contributed by atoms with E-state index in [9.17, 15) is 4.79 Å². The molecule has 112 valence electrons. The number of hydrogen-bond acceptors (Lipinski definition) is 3. The summed E-state index contributed by atoms with van der Waals surface area (Å²) in [5.41, 5.74) is 6.69. The highest BCUT2D eigenvalue weighted by molar-refractivity contribution is 9.10. The van der Waals surface area contributed by atoms with Gasteiger partial charge in [0.05, 0.1) is 23.7 Å². The van der Waals surface area contributed by atoms with E-state index >= 15 is 0 Å². The third kappa shape index (κ3) is 4.21. The first kappa shape index (κ1) is 17.0. The number of amides is 1. The van der Waals surface area contributed by atoms with Gasteiger partial charge in [0.2, 0.25) is 5.91 Å². The van der Waals surface area contributed by atoms with Crippen molar-refractivity contribution < 1.29 is 9.53 Å². The Kier molecular flexibility index (Phi) is 5.59. The van der Waals surface area contributed by atoms with Crippen LogP contribution in [0.1, 0.15) is 39.3 Å². The second kappa shape index (κ2) is 6.59. The third-order valence-corrected chi connectivity index (χ3v) is 3.87. The largest absolute Gasteiger partial charge is 0.496 e. The summed E-state index contributed by atoms with van der Waals surface area (Å²) < 4.78 is 6.05. The lowest BCUT2D eigenvalue weighted by molar-refractivity contribution is -0.125. The first-order valence-electron chi connectivity index (χ1n) is 6.56. The molecule has 0 aliphatic rings. The normalized spacial score (nSPS) is 14.6. The molecule has 5 heteroatoms. The van der Waals surface area contributed by atoms with E-state index in [0.717, 1.165) is 15.8 Å². The van der Waals surface area contributed by atoms with Gasteiger partial charge >= 0.3 is 0 Å². The summed E-state index contributed by atoms with van der Waals surface area (Å²) in [6.45, 7) is 7.78. The van der Waals surface area contributed by atoms with Crippen LogP contribution < -0.4 is 15.8 Å². The SMILES string of the molecule is COc1ccc(C(C)NC(=O)[C@H](N)C(C)(C)C)cc1Br. The molecule has 0 saturated carbocycles. The Labute approximate surface area is 129 Å². The van der Waals surface area contributed by atoms with Crippen LogP contribution in [0.25, 0.3) is 0 Å². The predicted octanol–water partition coefficient (Wildman–Crippen LogP) is 3.01. The molecule has 0 bridgehead atoms. The highest BCUT2D eigenvalue weighted by Gasteiger charge is 2.28. The Morgan fingerprint density at radius 3 is 2.45 bits per heavy atom. The second-order valence-corrected chi connectivity index (χ2v) is 6.82. The van der Waals surface area contributed by atoms with E-state index < -0.39 is 6.04 Å². The number of hydrogen-bond donors (Lipinski definition) is 2. The molecule has 0 aromatic heterocycles. The predicted molar refractivity (Wildman–Crippen MR) is 84.7 cm³/mol. The van der Waals surface area contributed by atoms with Crippen molar-refractivity contribution in [2.75, 3.05) is 7.11 Å². The summed E-state index contributed by atoms with van der Waals surface area (Å²) in [7, 11) is 1.62. The van der Waals surface area contributed by atoms with Crippen LogP contribution in [0.15, 0.2) is 22.7 Å². The van der Waals surface area contributed by atoms with E-state index in [1.807, 2.05) is 45.9 Å². The molecule has 2 atom stereocenters. The number of nitrogens with one attached hydrogen (secondary N) is 1. The standard InChI is InChI=1S/C15H23BrN2O2/c1-9(18-14(19)13(17)15(2,3)4)10-6-7-12(20-5)11(16)8-10/h6-9,13H,17H2,1-5H3,(H,18,19)/t9?,13-/m0/s1. The van der Waals surface area contributed by atoms with Crippen LogP contribution in [-0.4, -0.2) is 19.1 Å². The van der Waals surface area contributed by atoms with Crippen LogP contribution in [0.2, 0.25) is 0 Å². The molecular formula is C15H23BrN2O2. The van der Waals surface area contributed by atoms with Crippen molar-refractivity contribution in [3.63, 3.8) is 0 Å². The minimum atomic E-state index is -0.536. The molecule has 1 unspecified atom stereocenters. The van der Waals surface area contributed by atoms with E-state index in [1.165, 1.54) is 0 Å². The van der Waals surface area contributed by atoms with Crippen molar-refractivity contribution in [2.45, 2.75) is 39.8 Å². The maximum absolute atomic E-state index is 12.1. The highest BCUT2D eigenvalue weighted by Crippen LogP contribution is 2.28. The molecule has 1 rings (SSSR count). The molecule has 0 saturated heterocycles. The highest BCUT2D eigenvalue weighted by atomic mass is 79.9. The summed E-state index contributed by atoms with van der Waals surface area (Å²) in [5.74, 6) is 0.621. The maximum Gasteiger partial charge on any atom is 0.237 e. The molecule has 0 heterocycles. The molecule has 20 heavy (non-hydrogen) atoms. The number of ether oxygens (including phenoxy) is 1. The van der Waals surface area contributed by atoms with E-state index in [4.69, 9.17) is 10.5 Å². The number of carbonyl (C=O) groups is 1. The van der Waals surface area contributed by atoms with Gasteiger partial charge in [0.15, 0.2) is 0 Å². The van der Waals surface area contributed by atoms with Gasteiger partial charge in [-0.25, -0.2) is 0 Å². The van der Waals surface area contributed by atoms with Crippen LogP contribution in [0, 0.1) is 5.41 Å². The van der Waals surface area contributed by atoms with Gasteiger partial charge in [-0.3, -0.25) is 4.79 Å². The van der Waals surface area contributed by atoms with Crippen molar-refractivity contribution in [1.82, 2.24) is 5.32 Å². The molecule has 0 spiro atoms. The Morgan fingerprint density at radius 1 is 1.40 bits per heavy atom. The summed E-state index contributed by atoms with van der Waals surface area (Å²) in [6.07, 6.45) is 0. The summed E-state index contributed by atoms with van der Waals surface area (Å²) in [5, 5.41) is 2.94. The number of benzene rings is 1. The van der Waals surface area contributed by atoms with Gasteiger partial charge in [-0.15, -0.1) is 0 Å². The quantitative estimate of drug-likeness (QED) is 0.883. The Bertz CT molecular complexity index is 483. The molecule has 0 aliphatic carbocycles. The second-order valence-electron chi connectivity index (χ2n) is 5.97. The van der Waals surface area contributed by atoms with Gasteiger partial charge in [-0.2, -0.15) is 0 Å². The maximum atomic E-state index is 12.1. The summed E-state index contributed by atoms with van der Waals surface area (Å²) in [6, 6.07) is 5.08. The minimum absolute atomic E-state index is 0.113. The van der Waals surface area contributed by atoms with Gasteiger partial charge in [0.1, 0.15) is 5.75 Å². The lowest BCUT2D eigenvalue weighted by Gasteiger charge is -2.27. The fraction of sp³-hybridized carbons (Fsp3) is 0.533. The Hall–Kier alpha value is -1.07. The zero-order valence-corrected chi connectivity index (χ0v) is 14.2. The van der Waals surface area contributed by atoms with Crippen molar-refractivity contribution in [2.24, 2.45) is 11.1 Å². The summed E-state index contributed by atoms with van der Waals surface area (Å²) >= 11 is 3.44. The summed E-state index contributed by atoms with van der Waals surface area (Å²) in [4.78, 5) is 12.1. The third-order valence-electron chi connectivity index (χ3n) is 3.25. The van der Waals surface area contributed by atoms with Crippen LogP contribution in [0.4, 0.5) is 0 Å². The molecule has 4 nitrogen and oxygen atoms in total. The van der Waals surface area contributed by atoms with E-state index in [-0.39, 0.29) is 17.4 Å². The van der Waals surface area contributed by atoms with E-state index in [2.05, 4.69) is 21.2 Å². The first-order chi connectivity index (χ1) is 9.16. The molecule has 3 N–H and O–H groups in total. The topological polar surface area (TPSA) is 64.3 Å². The van der Waals surface area contributed by atoms with Crippen molar-refractivity contribution in [3.05, 3.63) is 28.2 Å². The fourth-order valence-electron chi connectivity index (χ4n) is 1.73. The van der Waals surface area contributed by atoms with E-state index in [0.29, 0.717) is 0 Å². The fourth-order valence-corrected chi connectivity index (χ4v) is 2.29.